The predicted molar refractivity (Wildman–Crippen MR) is 118 cm³/mol. The lowest BCUT2D eigenvalue weighted by Crippen LogP contribution is -2.38. The molecule has 2 aromatic carbocycles. The highest BCUT2D eigenvalue weighted by Crippen LogP contribution is 2.34. The Balaban J connectivity index is 1.42. The smallest absolute Gasteiger partial charge is 0.233 e. The molecule has 2 aliphatic heterocycles. The number of hydrogen-bond acceptors (Lipinski definition) is 7. The Kier molecular flexibility index (Phi) is 5.65. The van der Waals surface area contributed by atoms with Crippen LogP contribution in [-0.2, 0) is 16.0 Å². The van der Waals surface area contributed by atoms with E-state index in [0.717, 1.165) is 41.0 Å². The maximum absolute atomic E-state index is 13.4. The van der Waals surface area contributed by atoms with Crippen LogP contribution in [0.1, 0.15) is 25.3 Å². The fourth-order valence-electron chi connectivity index (χ4n) is 3.86. The van der Waals surface area contributed by atoms with Crippen molar-refractivity contribution >= 4 is 32.6 Å². The van der Waals surface area contributed by atoms with Gasteiger partial charge < -0.3 is 18.9 Å². The molecule has 1 atom stereocenters. The Hall–Kier alpha value is -2.84. The van der Waals surface area contributed by atoms with Gasteiger partial charge in [-0.25, -0.2) is 4.98 Å². The minimum absolute atomic E-state index is 0.0153. The first kappa shape index (κ1) is 20.1. The van der Waals surface area contributed by atoms with Crippen molar-refractivity contribution in [3.63, 3.8) is 0 Å². The number of carbonyl (C=O) groups is 1. The van der Waals surface area contributed by atoms with Gasteiger partial charge in [0.05, 0.1) is 35.9 Å². The van der Waals surface area contributed by atoms with Crippen molar-refractivity contribution in [2.45, 2.75) is 32.3 Å². The number of rotatable bonds is 7. The SMILES string of the molecule is CCOc1ccc2nc(N(C[C@H]3CCCO3)C(=O)Cc3ccc4c(c3)OCO4)sc2c1. The van der Waals surface area contributed by atoms with Crippen molar-refractivity contribution < 1.29 is 23.7 Å². The molecule has 31 heavy (non-hydrogen) atoms. The lowest BCUT2D eigenvalue weighted by atomic mass is 10.1. The van der Waals surface area contributed by atoms with E-state index in [2.05, 4.69) is 0 Å². The quantitative estimate of drug-likeness (QED) is 0.549. The highest BCUT2D eigenvalue weighted by Gasteiger charge is 2.27. The van der Waals surface area contributed by atoms with E-state index < -0.39 is 0 Å². The summed E-state index contributed by atoms with van der Waals surface area (Å²) in [5.74, 6) is 2.18. The van der Waals surface area contributed by atoms with Crippen LogP contribution in [0, 0.1) is 0 Å². The first-order valence-electron chi connectivity index (χ1n) is 10.5. The number of anilines is 1. The first-order valence-corrected chi connectivity index (χ1v) is 11.3. The van der Waals surface area contributed by atoms with Gasteiger partial charge in [-0.3, -0.25) is 9.69 Å². The molecule has 7 nitrogen and oxygen atoms in total. The molecule has 3 heterocycles. The zero-order chi connectivity index (χ0) is 21.2. The van der Waals surface area contributed by atoms with E-state index in [1.807, 2.05) is 43.3 Å². The highest BCUT2D eigenvalue weighted by atomic mass is 32.1. The summed E-state index contributed by atoms with van der Waals surface area (Å²) in [5.41, 5.74) is 1.74. The van der Waals surface area contributed by atoms with E-state index >= 15 is 0 Å². The Labute approximate surface area is 184 Å². The van der Waals surface area contributed by atoms with Gasteiger partial charge in [-0.1, -0.05) is 17.4 Å². The molecule has 1 saturated heterocycles. The average molecular weight is 441 g/mol. The van der Waals surface area contributed by atoms with Crippen molar-refractivity contribution in [1.82, 2.24) is 4.98 Å². The van der Waals surface area contributed by atoms with Gasteiger partial charge in [0.15, 0.2) is 16.6 Å². The van der Waals surface area contributed by atoms with Gasteiger partial charge in [0, 0.05) is 6.61 Å². The molecule has 0 N–H and O–H groups in total. The van der Waals surface area contributed by atoms with E-state index in [4.69, 9.17) is 23.9 Å². The fourth-order valence-corrected chi connectivity index (χ4v) is 4.88. The standard InChI is InChI=1S/C23H24N2O5S/c1-2-27-16-6-7-18-21(12-16)31-23(24-18)25(13-17-4-3-9-28-17)22(26)11-15-5-8-19-20(10-15)30-14-29-19/h5-8,10,12,17H,2-4,9,11,13-14H2,1H3/t17-/m1/s1. The molecule has 0 unspecified atom stereocenters. The number of thiazole rings is 1. The van der Waals surface area contributed by atoms with Crippen LogP contribution >= 0.6 is 11.3 Å². The van der Waals surface area contributed by atoms with Crippen LogP contribution in [-0.4, -0.2) is 43.5 Å². The number of carbonyl (C=O) groups excluding carboxylic acids is 1. The van der Waals surface area contributed by atoms with Crippen molar-refractivity contribution in [2.75, 3.05) is 31.5 Å². The summed E-state index contributed by atoms with van der Waals surface area (Å²) in [5, 5.41) is 0.685. The largest absolute Gasteiger partial charge is 0.494 e. The van der Waals surface area contributed by atoms with Crippen LogP contribution in [0.25, 0.3) is 10.2 Å². The van der Waals surface area contributed by atoms with Gasteiger partial charge in [-0.2, -0.15) is 0 Å². The lowest BCUT2D eigenvalue weighted by molar-refractivity contribution is -0.118. The number of ether oxygens (including phenoxy) is 4. The van der Waals surface area contributed by atoms with Gasteiger partial charge in [-0.15, -0.1) is 0 Å². The second-order valence-electron chi connectivity index (χ2n) is 7.56. The topological polar surface area (TPSA) is 70.1 Å². The zero-order valence-corrected chi connectivity index (χ0v) is 18.2. The van der Waals surface area contributed by atoms with E-state index in [0.29, 0.717) is 29.8 Å². The number of benzene rings is 2. The molecule has 5 rings (SSSR count). The van der Waals surface area contributed by atoms with Crippen LogP contribution in [0.5, 0.6) is 17.2 Å². The normalized spacial score (nSPS) is 17.3. The number of fused-ring (bicyclic) bond motifs is 2. The summed E-state index contributed by atoms with van der Waals surface area (Å²) in [4.78, 5) is 19.9. The van der Waals surface area contributed by atoms with Gasteiger partial charge >= 0.3 is 0 Å². The molecule has 2 aliphatic rings. The predicted octanol–water partition coefficient (Wildman–Crippen LogP) is 4.18. The van der Waals surface area contributed by atoms with Crippen molar-refractivity contribution in [1.29, 1.82) is 0 Å². The molecule has 1 fully saturated rings. The minimum Gasteiger partial charge on any atom is -0.494 e. The van der Waals surface area contributed by atoms with Crippen LogP contribution in [0.3, 0.4) is 0 Å². The Morgan fingerprint density at radius 1 is 1.23 bits per heavy atom. The molecule has 0 saturated carbocycles. The summed E-state index contributed by atoms with van der Waals surface area (Å²) in [7, 11) is 0. The Morgan fingerprint density at radius 3 is 2.97 bits per heavy atom. The monoisotopic (exact) mass is 440 g/mol. The minimum atomic E-state index is -0.0153. The summed E-state index contributed by atoms with van der Waals surface area (Å²) >= 11 is 1.50. The molecule has 8 heteroatoms. The molecule has 0 spiro atoms. The van der Waals surface area contributed by atoms with Crippen LogP contribution < -0.4 is 19.1 Å². The molecular weight excluding hydrogens is 416 g/mol. The second kappa shape index (κ2) is 8.72. The molecule has 1 aromatic heterocycles. The summed E-state index contributed by atoms with van der Waals surface area (Å²) in [6.07, 6.45) is 2.26. The van der Waals surface area contributed by atoms with Crippen LogP contribution in [0.4, 0.5) is 5.13 Å². The molecule has 1 amide bonds. The molecule has 162 valence electrons. The first-order chi connectivity index (χ1) is 15.2. The fraction of sp³-hybridized carbons (Fsp3) is 0.391. The zero-order valence-electron chi connectivity index (χ0n) is 17.3. The highest BCUT2D eigenvalue weighted by molar-refractivity contribution is 7.22. The lowest BCUT2D eigenvalue weighted by Gasteiger charge is -2.23. The van der Waals surface area contributed by atoms with Gasteiger partial charge in [0.25, 0.3) is 0 Å². The van der Waals surface area contributed by atoms with E-state index in [1.54, 1.807) is 4.90 Å². The number of amides is 1. The Bertz CT molecular complexity index is 1090. The summed E-state index contributed by atoms with van der Waals surface area (Å²) in [6.45, 7) is 4.03. The maximum atomic E-state index is 13.4. The second-order valence-corrected chi connectivity index (χ2v) is 8.57. The molecular formula is C23H24N2O5S. The van der Waals surface area contributed by atoms with Crippen molar-refractivity contribution in [3.8, 4) is 17.2 Å². The van der Waals surface area contributed by atoms with E-state index in [1.165, 1.54) is 11.3 Å². The number of nitrogens with zero attached hydrogens (tertiary/aromatic N) is 2. The average Bonchev–Trinajstić information content (AvgIpc) is 3.51. The van der Waals surface area contributed by atoms with Crippen molar-refractivity contribution in [3.05, 3.63) is 42.0 Å². The van der Waals surface area contributed by atoms with Gasteiger partial charge in [-0.05, 0) is 55.7 Å². The van der Waals surface area contributed by atoms with E-state index in [9.17, 15) is 4.79 Å². The Morgan fingerprint density at radius 2 is 2.13 bits per heavy atom. The van der Waals surface area contributed by atoms with Crippen molar-refractivity contribution in [2.24, 2.45) is 0 Å². The maximum Gasteiger partial charge on any atom is 0.233 e. The number of aromatic nitrogens is 1. The van der Waals surface area contributed by atoms with Gasteiger partial charge in [0.2, 0.25) is 12.7 Å². The molecule has 0 radical (unpaired) electrons. The third-order valence-corrected chi connectivity index (χ3v) is 6.44. The molecule has 0 bridgehead atoms. The number of hydrogen-bond donors (Lipinski definition) is 0. The van der Waals surface area contributed by atoms with Crippen LogP contribution in [0.2, 0.25) is 0 Å². The molecule has 0 aliphatic carbocycles. The third-order valence-electron chi connectivity index (χ3n) is 5.39. The van der Waals surface area contributed by atoms with E-state index in [-0.39, 0.29) is 25.2 Å². The summed E-state index contributed by atoms with van der Waals surface area (Å²) < 4.78 is 23.2. The van der Waals surface area contributed by atoms with Gasteiger partial charge in [0.1, 0.15) is 5.75 Å². The third kappa shape index (κ3) is 4.31. The summed E-state index contributed by atoms with van der Waals surface area (Å²) in [6, 6.07) is 11.5. The molecule has 3 aromatic rings. The van der Waals surface area contributed by atoms with Crippen LogP contribution in [0.15, 0.2) is 36.4 Å².